The second-order valence-electron chi connectivity index (χ2n) is 6.64. The van der Waals surface area contributed by atoms with Crippen molar-refractivity contribution in [1.29, 1.82) is 0 Å². The zero-order valence-corrected chi connectivity index (χ0v) is 15.6. The minimum absolute atomic E-state index is 0.0246. The molecule has 2 heterocycles. The van der Waals surface area contributed by atoms with Crippen LogP contribution in [0, 0.1) is 5.92 Å². The Bertz CT molecular complexity index is 779. The summed E-state index contributed by atoms with van der Waals surface area (Å²) in [6.45, 7) is 4.02. The highest BCUT2D eigenvalue weighted by Gasteiger charge is 2.28. The molecule has 1 N–H and O–H groups in total. The normalized spacial score (nSPS) is 16.6. The number of nitrogens with zero attached hydrogens (tertiary/aromatic N) is 2. The van der Waals surface area contributed by atoms with E-state index in [2.05, 4.69) is 10.3 Å². The van der Waals surface area contributed by atoms with Crippen LogP contribution in [-0.2, 0) is 11.4 Å². The van der Waals surface area contributed by atoms with Gasteiger partial charge in [-0.05, 0) is 31.4 Å². The van der Waals surface area contributed by atoms with Gasteiger partial charge in [-0.15, -0.1) is 0 Å². The lowest BCUT2D eigenvalue weighted by Gasteiger charge is -2.32. The van der Waals surface area contributed by atoms with Crippen LogP contribution in [-0.4, -0.2) is 41.3 Å². The van der Waals surface area contributed by atoms with Gasteiger partial charge in [-0.25, -0.2) is 4.98 Å². The van der Waals surface area contributed by atoms with Gasteiger partial charge in [0.05, 0.1) is 5.92 Å². The molecule has 3 rings (SSSR count). The third-order valence-electron chi connectivity index (χ3n) is 4.64. The Hall–Kier alpha value is -2.89. The molecule has 6 nitrogen and oxygen atoms in total. The summed E-state index contributed by atoms with van der Waals surface area (Å²) in [5.74, 6) is 0.216. The van der Waals surface area contributed by atoms with Crippen molar-refractivity contribution in [3.05, 3.63) is 59.8 Å². The number of carbonyl (C=O) groups excluding carboxylic acids is 2. The summed E-state index contributed by atoms with van der Waals surface area (Å²) in [5, 5.41) is 2.85. The van der Waals surface area contributed by atoms with Crippen molar-refractivity contribution in [2.45, 2.75) is 26.4 Å². The molecule has 0 spiro atoms. The van der Waals surface area contributed by atoms with Crippen molar-refractivity contribution in [3.8, 4) is 5.88 Å². The van der Waals surface area contributed by atoms with Gasteiger partial charge in [0.1, 0.15) is 6.61 Å². The first-order valence-corrected chi connectivity index (χ1v) is 9.37. The van der Waals surface area contributed by atoms with E-state index in [9.17, 15) is 9.59 Å². The summed E-state index contributed by atoms with van der Waals surface area (Å²) in [6, 6.07) is 13.2. The smallest absolute Gasteiger partial charge is 0.254 e. The Morgan fingerprint density at radius 1 is 1.26 bits per heavy atom. The fourth-order valence-corrected chi connectivity index (χ4v) is 3.23. The first-order chi connectivity index (χ1) is 13.2. The van der Waals surface area contributed by atoms with Crippen LogP contribution in [0.2, 0.25) is 0 Å². The van der Waals surface area contributed by atoms with Gasteiger partial charge < -0.3 is 15.0 Å². The Balaban J connectivity index is 1.63. The number of hydrogen-bond donors (Lipinski definition) is 1. The van der Waals surface area contributed by atoms with Crippen molar-refractivity contribution >= 4 is 11.8 Å². The maximum atomic E-state index is 12.9. The van der Waals surface area contributed by atoms with E-state index in [-0.39, 0.29) is 17.7 Å². The largest absolute Gasteiger partial charge is 0.473 e. The van der Waals surface area contributed by atoms with Crippen molar-refractivity contribution < 1.29 is 14.3 Å². The predicted octanol–water partition coefficient (Wildman–Crippen LogP) is 2.65. The van der Waals surface area contributed by atoms with E-state index >= 15 is 0 Å². The molecular weight excluding hydrogens is 342 g/mol. The summed E-state index contributed by atoms with van der Waals surface area (Å²) in [7, 11) is 0. The van der Waals surface area contributed by atoms with E-state index in [4.69, 9.17) is 4.74 Å². The van der Waals surface area contributed by atoms with Crippen LogP contribution in [0.25, 0.3) is 0 Å². The Labute approximate surface area is 159 Å². The van der Waals surface area contributed by atoms with E-state index in [0.29, 0.717) is 37.7 Å². The number of carbonyl (C=O) groups is 2. The molecule has 1 atom stereocenters. The fraction of sp³-hybridized carbons (Fsp3) is 0.381. The number of likely N-dealkylation sites (tertiary alicyclic amines) is 1. The molecule has 1 aliphatic heterocycles. The highest BCUT2D eigenvalue weighted by molar-refractivity contribution is 5.95. The molecule has 1 aromatic carbocycles. The second kappa shape index (κ2) is 9.16. The van der Waals surface area contributed by atoms with E-state index in [0.717, 1.165) is 18.4 Å². The van der Waals surface area contributed by atoms with Crippen LogP contribution in [0.3, 0.4) is 0 Å². The van der Waals surface area contributed by atoms with Gasteiger partial charge in [0, 0.05) is 37.5 Å². The second-order valence-corrected chi connectivity index (χ2v) is 6.64. The van der Waals surface area contributed by atoms with Crippen LogP contribution in [0.1, 0.15) is 35.7 Å². The van der Waals surface area contributed by atoms with Crippen molar-refractivity contribution in [2.75, 3.05) is 19.6 Å². The third kappa shape index (κ3) is 5.06. The van der Waals surface area contributed by atoms with E-state index in [1.807, 2.05) is 37.3 Å². The number of pyridine rings is 1. The van der Waals surface area contributed by atoms with Gasteiger partial charge >= 0.3 is 0 Å². The van der Waals surface area contributed by atoms with E-state index in [1.165, 1.54) is 0 Å². The topological polar surface area (TPSA) is 71.5 Å². The Morgan fingerprint density at radius 3 is 2.85 bits per heavy atom. The number of amides is 2. The van der Waals surface area contributed by atoms with Crippen LogP contribution in [0.15, 0.2) is 48.7 Å². The van der Waals surface area contributed by atoms with Gasteiger partial charge in [0.25, 0.3) is 5.91 Å². The highest BCUT2D eigenvalue weighted by Crippen LogP contribution is 2.20. The zero-order valence-electron chi connectivity index (χ0n) is 15.6. The lowest BCUT2D eigenvalue weighted by Crippen LogP contribution is -2.45. The van der Waals surface area contributed by atoms with Crippen molar-refractivity contribution in [3.63, 3.8) is 0 Å². The molecule has 2 aromatic rings. The van der Waals surface area contributed by atoms with Gasteiger partial charge in [-0.3, -0.25) is 9.59 Å². The monoisotopic (exact) mass is 367 g/mol. The van der Waals surface area contributed by atoms with Gasteiger partial charge in [0.2, 0.25) is 11.8 Å². The lowest BCUT2D eigenvalue weighted by atomic mass is 9.96. The molecule has 1 fully saturated rings. The molecule has 142 valence electrons. The molecule has 2 amide bonds. The quantitative estimate of drug-likeness (QED) is 0.852. The molecule has 1 unspecified atom stereocenters. The minimum Gasteiger partial charge on any atom is -0.473 e. The molecule has 0 aliphatic carbocycles. The third-order valence-corrected chi connectivity index (χ3v) is 4.64. The van der Waals surface area contributed by atoms with Gasteiger partial charge in [-0.1, -0.05) is 30.3 Å². The lowest BCUT2D eigenvalue weighted by molar-refractivity contribution is -0.126. The average molecular weight is 367 g/mol. The van der Waals surface area contributed by atoms with E-state index in [1.54, 1.807) is 23.2 Å². The fourth-order valence-electron chi connectivity index (χ4n) is 3.23. The number of benzene rings is 1. The first kappa shape index (κ1) is 18.9. The summed E-state index contributed by atoms with van der Waals surface area (Å²) >= 11 is 0. The number of aromatic nitrogens is 1. The predicted molar refractivity (Wildman–Crippen MR) is 102 cm³/mol. The molecule has 1 aromatic heterocycles. The molecule has 27 heavy (non-hydrogen) atoms. The minimum atomic E-state index is -0.140. The van der Waals surface area contributed by atoms with Crippen molar-refractivity contribution in [1.82, 2.24) is 15.2 Å². The number of nitrogens with one attached hydrogen (secondary N) is 1. The Kier molecular flexibility index (Phi) is 6.41. The van der Waals surface area contributed by atoms with Crippen LogP contribution < -0.4 is 10.1 Å². The summed E-state index contributed by atoms with van der Waals surface area (Å²) in [6.07, 6.45) is 3.23. The zero-order chi connectivity index (χ0) is 19.1. The summed E-state index contributed by atoms with van der Waals surface area (Å²) in [4.78, 5) is 30.9. The molecule has 1 aliphatic rings. The molecule has 0 saturated carbocycles. The Morgan fingerprint density at radius 2 is 2.07 bits per heavy atom. The SMILES string of the molecule is CCNC(=O)C1CCCN(C(=O)c2ccnc(OCc3ccccc3)c2)C1. The molecular formula is C21H25N3O3. The molecule has 0 bridgehead atoms. The molecule has 1 saturated heterocycles. The van der Waals surface area contributed by atoms with Crippen LogP contribution in [0.4, 0.5) is 0 Å². The number of rotatable bonds is 6. The van der Waals surface area contributed by atoms with E-state index < -0.39 is 0 Å². The van der Waals surface area contributed by atoms with Gasteiger partial charge in [-0.2, -0.15) is 0 Å². The van der Waals surface area contributed by atoms with Crippen LogP contribution in [0.5, 0.6) is 5.88 Å². The maximum Gasteiger partial charge on any atom is 0.254 e. The van der Waals surface area contributed by atoms with Crippen LogP contribution >= 0.6 is 0 Å². The molecule has 0 radical (unpaired) electrons. The average Bonchev–Trinajstić information content (AvgIpc) is 2.73. The molecule has 6 heteroatoms. The summed E-state index contributed by atoms with van der Waals surface area (Å²) < 4.78 is 5.72. The number of hydrogen-bond acceptors (Lipinski definition) is 4. The summed E-state index contributed by atoms with van der Waals surface area (Å²) in [5.41, 5.74) is 1.57. The highest BCUT2D eigenvalue weighted by atomic mass is 16.5. The standard InChI is InChI=1S/C21H25N3O3/c1-2-22-20(25)18-9-6-12-24(14-18)21(26)17-10-11-23-19(13-17)27-15-16-7-4-3-5-8-16/h3-5,7-8,10-11,13,18H,2,6,9,12,14-15H2,1H3,(H,22,25). The number of piperidine rings is 1. The number of ether oxygens (including phenoxy) is 1. The first-order valence-electron chi connectivity index (χ1n) is 9.37. The maximum absolute atomic E-state index is 12.9. The van der Waals surface area contributed by atoms with Crippen molar-refractivity contribution in [2.24, 2.45) is 5.92 Å². The van der Waals surface area contributed by atoms with Gasteiger partial charge in [0.15, 0.2) is 0 Å².